The summed E-state index contributed by atoms with van der Waals surface area (Å²) in [7, 11) is 0. The molecule has 1 aromatic rings. The van der Waals surface area contributed by atoms with E-state index in [1.165, 1.54) is 0 Å². The molecule has 1 aromatic carbocycles. The largest absolute Gasteiger partial charge is 0.198 e. The number of hydrogen-bond acceptors (Lipinski definition) is 1. The number of benzene rings is 1. The van der Waals surface area contributed by atoms with E-state index in [9.17, 15) is 0 Å². The van der Waals surface area contributed by atoms with Gasteiger partial charge < -0.3 is 0 Å². The highest BCUT2D eigenvalue weighted by atomic mass is 79.9. The van der Waals surface area contributed by atoms with Crippen LogP contribution in [0, 0.1) is 11.3 Å². The fourth-order valence-electron chi connectivity index (χ4n) is 1.29. The molecule has 1 rings (SSSR count). The van der Waals surface area contributed by atoms with Crippen LogP contribution < -0.4 is 0 Å². The summed E-state index contributed by atoms with van der Waals surface area (Å²) < 4.78 is 1.06. The maximum Gasteiger partial charge on any atom is 0.0712 e. The van der Waals surface area contributed by atoms with E-state index in [1.54, 1.807) is 0 Å². The van der Waals surface area contributed by atoms with Crippen LogP contribution in [0.2, 0.25) is 0 Å². The molecule has 0 amide bonds. The second kappa shape index (κ2) is 5.04. The SMILES string of the molecule is CCCC(C#N)c1ccc(Br)cc1. The Morgan fingerprint density at radius 2 is 2.00 bits per heavy atom. The average Bonchev–Trinajstić information content (AvgIpc) is 2.16. The van der Waals surface area contributed by atoms with Crippen LogP contribution in [0.4, 0.5) is 0 Å². The second-order valence-corrected chi connectivity index (χ2v) is 3.94. The van der Waals surface area contributed by atoms with Gasteiger partial charge in [-0.05, 0) is 24.1 Å². The number of hydrogen-bond donors (Lipinski definition) is 0. The summed E-state index contributed by atoms with van der Waals surface area (Å²) in [5.41, 5.74) is 1.12. The van der Waals surface area contributed by atoms with Crippen molar-refractivity contribution in [1.29, 1.82) is 5.26 Å². The molecule has 0 aliphatic heterocycles. The third-order valence-corrected chi connectivity index (χ3v) is 2.53. The Morgan fingerprint density at radius 1 is 1.38 bits per heavy atom. The molecule has 0 saturated carbocycles. The Hall–Kier alpha value is -0.810. The predicted molar refractivity (Wildman–Crippen MR) is 57.4 cm³/mol. The molecule has 0 N–H and O–H groups in total. The number of nitrogens with zero attached hydrogens (tertiary/aromatic N) is 1. The molecular weight excluding hydrogens is 226 g/mol. The van der Waals surface area contributed by atoms with Crippen molar-refractivity contribution in [3.8, 4) is 6.07 Å². The summed E-state index contributed by atoms with van der Waals surface area (Å²) in [6.45, 7) is 2.10. The van der Waals surface area contributed by atoms with Crippen LogP contribution in [0.5, 0.6) is 0 Å². The fraction of sp³-hybridized carbons (Fsp3) is 0.364. The Labute approximate surface area is 87.5 Å². The molecule has 1 nitrogen and oxygen atoms in total. The van der Waals surface area contributed by atoms with E-state index in [1.807, 2.05) is 24.3 Å². The van der Waals surface area contributed by atoms with E-state index in [0.29, 0.717) is 0 Å². The summed E-state index contributed by atoms with van der Waals surface area (Å²) >= 11 is 3.37. The molecule has 0 fully saturated rings. The van der Waals surface area contributed by atoms with Crippen molar-refractivity contribution in [2.24, 2.45) is 0 Å². The number of rotatable bonds is 3. The molecule has 2 heteroatoms. The highest BCUT2D eigenvalue weighted by molar-refractivity contribution is 9.10. The monoisotopic (exact) mass is 237 g/mol. The van der Waals surface area contributed by atoms with E-state index in [0.717, 1.165) is 22.9 Å². The van der Waals surface area contributed by atoms with E-state index in [4.69, 9.17) is 5.26 Å². The van der Waals surface area contributed by atoms with E-state index in [2.05, 4.69) is 28.9 Å². The number of nitriles is 1. The summed E-state index contributed by atoms with van der Waals surface area (Å²) in [4.78, 5) is 0. The maximum absolute atomic E-state index is 8.92. The Morgan fingerprint density at radius 3 is 2.46 bits per heavy atom. The third-order valence-electron chi connectivity index (χ3n) is 2.01. The van der Waals surface area contributed by atoms with Gasteiger partial charge in [0.1, 0.15) is 0 Å². The summed E-state index contributed by atoms with van der Waals surface area (Å²) in [6, 6.07) is 10.3. The highest BCUT2D eigenvalue weighted by Crippen LogP contribution is 2.22. The van der Waals surface area contributed by atoms with Gasteiger partial charge in [-0.25, -0.2) is 0 Å². The van der Waals surface area contributed by atoms with Crippen molar-refractivity contribution in [2.45, 2.75) is 25.7 Å². The van der Waals surface area contributed by atoms with Crippen molar-refractivity contribution in [2.75, 3.05) is 0 Å². The minimum Gasteiger partial charge on any atom is -0.198 e. The lowest BCUT2D eigenvalue weighted by Crippen LogP contribution is -1.94. The predicted octanol–water partition coefficient (Wildman–Crippen LogP) is 3.86. The molecule has 68 valence electrons. The Balaban J connectivity index is 2.81. The molecule has 13 heavy (non-hydrogen) atoms. The fourth-order valence-corrected chi connectivity index (χ4v) is 1.55. The van der Waals surface area contributed by atoms with Crippen molar-refractivity contribution in [1.82, 2.24) is 0 Å². The topological polar surface area (TPSA) is 23.8 Å². The van der Waals surface area contributed by atoms with Gasteiger partial charge in [0, 0.05) is 4.47 Å². The lowest BCUT2D eigenvalue weighted by molar-refractivity contribution is 0.727. The van der Waals surface area contributed by atoms with Gasteiger partial charge in [-0.1, -0.05) is 41.4 Å². The van der Waals surface area contributed by atoms with Crippen LogP contribution in [-0.2, 0) is 0 Å². The average molecular weight is 238 g/mol. The van der Waals surface area contributed by atoms with Crippen molar-refractivity contribution < 1.29 is 0 Å². The van der Waals surface area contributed by atoms with Crippen LogP contribution in [0.3, 0.4) is 0 Å². The summed E-state index contributed by atoms with van der Waals surface area (Å²) in [5.74, 6) is 0.0538. The van der Waals surface area contributed by atoms with E-state index in [-0.39, 0.29) is 5.92 Å². The minimum absolute atomic E-state index is 0.0538. The number of halogens is 1. The summed E-state index contributed by atoms with van der Waals surface area (Å²) in [6.07, 6.45) is 1.99. The van der Waals surface area contributed by atoms with Crippen LogP contribution in [-0.4, -0.2) is 0 Å². The van der Waals surface area contributed by atoms with Crippen molar-refractivity contribution in [3.05, 3.63) is 34.3 Å². The molecule has 0 radical (unpaired) electrons. The van der Waals surface area contributed by atoms with Crippen LogP contribution in [0.1, 0.15) is 31.2 Å². The van der Waals surface area contributed by atoms with E-state index < -0.39 is 0 Å². The molecule has 0 bridgehead atoms. The smallest absolute Gasteiger partial charge is 0.0712 e. The molecular formula is C11H12BrN. The van der Waals surface area contributed by atoms with Gasteiger partial charge in [-0.15, -0.1) is 0 Å². The zero-order valence-corrected chi connectivity index (χ0v) is 9.21. The molecule has 0 aliphatic rings. The van der Waals surface area contributed by atoms with Gasteiger partial charge >= 0.3 is 0 Å². The molecule has 0 spiro atoms. The lowest BCUT2D eigenvalue weighted by atomic mass is 9.96. The zero-order chi connectivity index (χ0) is 9.68. The Bertz CT molecular complexity index is 297. The van der Waals surface area contributed by atoms with E-state index >= 15 is 0 Å². The second-order valence-electron chi connectivity index (χ2n) is 3.02. The van der Waals surface area contributed by atoms with Gasteiger partial charge in [-0.3, -0.25) is 0 Å². The van der Waals surface area contributed by atoms with Gasteiger partial charge in [0.05, 0.1) is 12.0 Å². The Kier molecular flexibility index (Phi) is 3.98. The van der Waals surface area contributed by atoms with Gasteiger partial charge in [0.25, 0.3) is 0 Å². The molecule has 1 atom stereocenters. The van der Waals surface area contributed by atoms with Crippen molar-refractivity contribution >= 4 is 15.9 Å². The molecule has 1 unspecified atom stereocenters. The first-order chi connectivity index (χ1) is 6.27. The van der Waals surface area contributed by atoms with Gasteiger partial charge in [-0.2, -0.15) is 5.26 Å². The molecule has 0 saturated heterocycles. The first kappa shape index (κ1) is 10.3. The zero-order valence-electron chi connectivity index (χ0n) is 7.63. The normalized spacial score (nSPS) is 12.1. The molecule has 0 aromatic heterocycles. The van der Waals surface area contributed by atoms with Crippen LogP contribution in [0.25, 0.3) is 0 Å². The van der Waals surface area contributed by atoms with Crippen LogP contribution >= 0.6 is 15.9 Å². The highest BCUT2D eigenvalue weighted by Gasteiger charge is 2.07. The maximum atomic E-state index is 8.92. The lowest BCUT2D eigenvalue weighted by Gasteiger charge is -2.07. The van der Waals surface area contributed by atoms with Crippen molar-refractivity contribution in [3.63, 3.8) is 0 Å². The van der Waals surface area contributed by atoms with Crippen LogP contribution in [0.15, 0.2) is 28.7 Å². The summed E-state index contributed by atoms with van der Waals surface area (Å²) in [5, 5.41) is 8.92. The quantitative estimate of drug-likeness (QED) is 0.784. The molecule has 0 aliphatic carbocycles. The standard InChI is InChI=1S/C11H12BrN/c1-2-3-10(8-13)9-4-6-11(12)7-5-9/h4-7,10H,2-3H2,1H3. The first-order valence-corrected chi connectivity index (χ1v) is 5.22. The first-order valence-electron chi connectivity index (χ1n) is 4.43. The third kappa shape index (κ3) is 2.86. The minimum atomic E-state index is 0.0538. The molecule has 0 heterocycles. The van der Waals surface area contributed by atoms with Gasteiger partial charge in [0.15, 0.2) is 0 Å². The van der Waals surface area contributed by atoms with Gasteiger partial charge in [0.2, 0.25) is 0 Å².